The summed E-state index contributed by atoms with van der Waals surface area (Å²) in [6.07, 6.45) is 1.47. The molecule has 0 radical (unpaired) electrons. The number of carbonyl (C=O) groups excluding carboxylic acids is 1. The van der Waals surface area contributed by atoms with Crippen LogP contribution in [-0.4, -0.2) is 43.0 Å². The highest BCUT2D eigenvalue weighted by Crippen LogP contribution is 2.27. The van der Waals surface area contributed by atoms with E-state index < -0.39 is 11.8 Å². The van der Waals surface area contributed by atoms with Gasteiger partial charge in [0.2, 0.25) is 0 Å². The van der Waals surface area contributed by atoms with Crippen LogP contribution in [0.5, 0.6) is 5.75 Å². The van der Waals surface area contributed by atoms with E-state index in [9.17, 15) is 4.79 Å². The predicted molar refractivity (Wildman–Crippen MR) is 77.8 cm³/mol. The van der Waals surface area contributed by atoms with Crippen LogP contribution in [0, 0.1) is 0 Å². The van der Waals surface area contributed by atoms with Crippen molar-refractivity contribution in [3.05, 3.63) is 30.3 Å². The van der Waals surface area contributed by atoms with E-state index >= 15 is 4.39 Å². The van der Waals surface area contributed by atoms with Gasteiger partial charge in [0.15, 0.2) is 0 Å². The fraction of sp³-hybridized carbons (Fsp3) is 0.562. The third-order valence-corrected chi connectivity index (χ3v) is 3.49. The fourth-order valence-corrected chi connectivity index (χ4v) is 2.28. The maximum atomic E-state index is 15.2. The van der Waals surface area contributed by atoms with Crippen LogP contribution in [0.25, 0.3) is 0 Å². The SMILES string of the molecule is CCCCC(F)(Oc1ccccc1)C(=O)N1CCOCC1. The predicted octanol–water partition coefficient (Wildman–Crippen LogP) is 2.78. The monoisotopic (exact) mass is 295 g/mol. The molecule has 0 saturated carbocycles. The van der Waals surface area contributed by atoms with Crippen molar-refractivity contribution >= 4 is 5.91 Å². The third-order valence-electron chi connectivity index (χ3n) is 3.49. The zero-order valence-corrected chi connectivity index (χ0v) is 12.4. The number of amides is 1. The molecule has 0 aliphatic carbocycles. The van der Waals surface area contributed by atoms with E-state index in [1.54, 1.807) is 24.3 Å². The molecule has 0 aromatic heterocycles. The zero-order chi connectivity index (χ0) is 15.1. The molecule has 2 rings (SSSR count). The lowest BCUT2D eigenvalue weighted by molar-refractivity contribution is -0.171. The van der Waals surface area contributed by atoms with E-state index in [1.807, 2.05) is 13.0 Å². The second kappa shape index (κ2) is 7.41. The quantitative estimate of drug-likeness (QED) is 0.810. The molecule has 1 amide bonds. The Morgan fingerprint density at radius 3 is 2.62 bits per heavy atom. The molecule has 4 nitrogen and oxygen atoms in total. The average molecular weight is 295 g/mol. The van der Waals surface area contributed by atoms with Crippen LogP contribution in [0.3, 0.4) is 0 Å². The summed E-state index contributed by atoms with van der Waals surface area (Å²) in [4.78, 5) is 14.0. The van der Waals surface area contributed by atoms with Crippen LogP contribution in [0.2, 0.25) is 0 Å². The Balaban J connectivity index is 2.12. The molecule has 0 N–H and O–H groups in total. The highest BCUT2D eigenvalue weighted by Gasteiger charge is 2.44. The highest BCUT2D eigenvalue weighted by atomic mass is 19.2. The number of benzene rings is 1. The largest absolute Gasteiger partial charge is 0.450 e. The topological polar surface area (TPSA) is 38.8 Å². The molecule has 1 aliphatic heterocycles. The van der Waals surface area contributed by atoms with Gasteiger partial charge in [0.05, 0.1) is 13.2 Å². The summed E-state index contributed by atoms with van der Waals surface area (Å²) in [7, 11) is 0. The minimum Gasteiger partial charge on any atom is -0.450 e. The molecule has 1 aliphatic rings. The molecule has 1 heterocycles. The molecule has 1 aromatic rings. The molecule has 0 spiro atoms. The van der Waals surface area contributed by atoms with Crippen molar-refractivity contribution in [1.29, 1.82) is 0 Å². The second-order valence-corrected chi connectivity index (χ2v) is 5.15. The summed E-state index contributed by atoms with van der Waals surface area (Å²) in [5.41, 5.74) is 0. The lowest BCUT2D eigenvalue weighted by atomic mass is 10.1. The number of unbranched alkanes of at least 4 members (excludes halogenated alkanes) is 1. The number of nitrogens with zero attached hydrogens (tertiary/aromatic N) is 1. The molecule has 1 saturated heterocycles. The highest BCUT2D eigenvalue weighted by molar-refractivity contribution is 5.84. The standard InChI is InChI=1S/C16H22FNO3/c1-2-3-9-16(17,21-14-7-5-4-6-8-14)15(19)18-10-12-20-13-11-18/h4-8H,2-3,9-13H2,1H3. The van der Waals surface area contributed by atoms with Gasteiger partial charge >= 0.3 is 5.85 Å². The second-order valence-electron chi connectivity index (χ2n) is 5.15. The number of rotatable bonds is 6. The van der Waals surface area contributed by atoms with Gasteiger partial charge in [-0.05, 0) is 18.6 Å². The summed E-state index contributed by atoms with van der Waals surface area (Å²) in [5.74, 6) is -2.52. The number of para-hydroxylation sites is 1. The van der Waals surface area contributed by atoms with E-state index in [2.05, 4.69) is 0 Å². The van der Waals surface area contributed by atoms with Crippen molar-refractivity contribution in [2.45, 2.75) is 32.0 Å². The van der Waals surface area contributed by atoms with Crippen molar-refractivity contribution in [2.75, 3.05) is 26.3 Å². The first-order chi connectivity index (χ1) is 10.2. The molecular formula is C16H22FNO3. The minimum atomic E-state index is -2.30. The molecule has 1 unspecified atom stereocenters. The van der Waals surface area contributed by atoms with Crippen molar-refractivity contribution < 1.29 is 18.7 Å². The summed E-state index contributed by atoms with van der Waals surface area (Å²) >= 11 is 0. The Bertz CT molecular complexity index is 448. The number of halogens is 1. The Labute approximate surface area is 124 Å². The molecule has 1 aromatic carbocycles. The summed E-state index contributed by atoms with van der Waals surface area (Å²) in [6.45, 7) is 3.67. The molecular weight excluding hydrogens is 273 g/mol. The van der Waals surface area contributed by atoms with E-state index in [0.29, 0.717) is 38.5 Å². The van der Waals surface area contributed by atoms with Crippen LogP contribution in [-0.2, 0) is 9.53 Å². The average Bonchev–Trinajstić information content (AvgIpc) is 2.54. The van der Waals surface area contributed by atoms with E-state index in [4.69, 9.17) is 9.47 Å². The van der Waals surface area contributed by atoms with E-state index in [0.717, 1.165) is 6.42 Å². The normalized spacial score (nSPS) is 18.1. The van der Waals surface area contributed by atoms with Gasteiger partial charge in [0, 0.05) is 19.5 Å². The maximum absolute atomic E-state index is 15.2. The summed E-state index contributed by atoms with van der Waals surface area (Å²) in [5, 5.41) is 0. The zero-order valence-electron chi connectivity index (χ0n) is 12.4. The molecule has 21 heavy (non-hydrogen) atoms. The third kappa shape index (κ3) is 4.17. The summed E-state index contributed by atoms with van der Waals surface area (Å²) < 4.78 is 25.8. The summed E-state index contributed by atoms with van der Waals surface area (Å²) in [6, 6.07) is 8.66. The molecule has 5 heteroatoms. The molecule has 0 bridgehead atoms. The maximum Gasteiger partial charge on any atom is 0.326 e. The van der Waals surface area contributed by atoms with E-state index in [-0.39, 0.29) is 6.42 Å². The first-order valence-electron chi connectivity index (χ1n) is 7.46. The van der Waals surface area contributed by atoms with Crippen LogP contribution < -0.4 is 4.74 Å². The van der Waals surface area contributed by atoms with Crippen LogP contribution in [0.15, 0.2) is 30.3 Å². The molecule has 1 fully saturated rings. The molecule has 116 valence electrons. The number of hydrogen-bond acceptors (Lipinski definition) is 3. The first kappa shape index (κ1) is 15.8. The Morgan fingerprint density at radius 1 is 1.33 bits per heavy atom. The number of carbonyl (C=O) groups is 1. The number of hydrogen-bond donors (Lipinski definition) is 0. The van der Waals surface area contributed by atoms with Crippen molar-refractivity contribution in [3.8, 4) is 5.75 Å². The van der Waals surface area contributed by atoms with Crippen LogP contribution in [0.4, 0.5) is 4.39 Å². The minimum absolute atomic E-state index is 0.0641. The Hall–Kier alpha value is -1.62. The number of morpholine rings is 1. The van der Waals surface area contributed by atoms with Crippen molar-refractivity contribution in [1.82, 2.24) is 4.90 Å². The Kier molecular flexibility index (Phi) is 5.56. The first-order valence-corrected chi connectivity index (χ1v) is 7.46. The van der Waals surface area contributed by atoms with Crippen molar-refractivity contribution in [2.24, 2.45) is 0 Å². The van der Waals surface area contributed by atoms with Crippen molar-refractivity contribution in [3.63, 3.8) is 0 Å². The van der Waals surface area contributed by atoms with Gasteiger partial charge in [0.1, 0.15) is 5.75 Å². The van der Waals surface area contributed by atoms with Gasteiger partial charge in [-0.1, -0.05) is 31.5 Å². The van der Waals surface area contributed by atoms with E-state index in [1.165, 1.54) is 4.90 Å². The smallest absolute Gasteiger partial charge is 0.326 e. The van der Waals surface area contributed by atoms with Crippen LogP contribution in [0.1, 0.15) is 26.2 Å². The Morgan fingerprint density at radius 2 is 2.00 bits per heavy atom. The lowest BCUT2D eigenvalue weighted by Gasteiger charge is -2.33. The van der Waals surface area contributed by atoms with Gasteiger partial charge in [-0.2, -0.15) is 4.39 Å². The number of alkyl halides is 1. The van der Waals surface area contributed by atoms with Gasteiger partial charge in [-0.15, -0.1) is 0 Å². The van der Waals surface area contributed by atoms with Crippen LogP contribution >= 0.6 is 0 Å². The lowest BCUT2D eigenvalue weighted by Crippen LogP contribution is -2.53. The van der Waals surface area contributed by atoms with Gasteiger partial charge < -0.3 is 14.4 Å². The fourth-order valence-electron chi connectivity index (χ4n) is 2.28. The van der Waals surface area contributed by atoms with Gasteiger partial charge in [-0.3, -0.25) is 4.79 Å². The van der Waals surface area contributed by atoms with Gasteiger partial charge in [0.25, 0.3) is 5.91 Å². The number of ether oxygens (including phenoxy) is 2. The van der Waals surface area contributed by atoms with Gasteiger partial charge in [-0.25, -0.2) is 0 Å². The molecule has 1 atom stereocenters.